The minimum atomic E-state index is -0.270. The van der Waals surface area contributed by atoms with Gasteiger partial charge in [0.1, 0.15) is 17.6 Å². The third-order valence-corrected chi connectivity index (χ3v) is 5.14. The van der Waals surface area contributed by atoms with Crippen LogP contribution in [0.3, 0.4) is 0 Å². The summed E-state index contributed by atoms with van der Waals surface area (Å²) < 4.78 is 16.5. The van der Waals surface area contributed by atoms with Gasteiger partial charge in [-0.25, -0.2) is 5.01 Å². The zero-order chi connectivity index (χ0) is 18.2. The van der Waals surface area contributed by atoms with Gasteiger partial charge in [-0.2, -0.15) is 5.10 Å². The van der Waals surface area contributed by atoms with Crippen molar-refractivity contribution in [2.45, 2.75) is 25.3 Å². The van der Waals surface area contributed by atoms with Gasteiger partial charge < -0.3 is 13.3 Å². The molecule has 1 fully saturated rings. The summed E-state index contributed by atoms with van der Waals surface area (Å²) in [5.74, 6) is 1.62. The largest absolute Gasteiger partial charge is 0.467 e. The maximum atomic E-state index is 13.0. The molecule has 0 unspecified atom stereocenters. The van der Waals surface area contributed by atoms with Crippen molar-refractivity contribution in [1.82, 2.24) is 5.01 Å². The van der Waals surface area contributed by atoms with E-state index in [1.54, 1.807) is 24.7 Å². The van der Waals surface area contributed by atoms with Crippen LogP contribution in [-0.2, 0) is 0 Å². The highest BCUT2D eigenvalue weighted by Gasteiger charge is 2.45. The number of carbonyl (C=O) groups is 1. The highest BCUT2D eigenvalue weighted by Crippen LogP contribution is 2.45. The SMILES string of the molecule is O=C(c1ccco1)N1N=C2/C(=C\c3ccco3)CCC[C@@H]2[C@H]1c1ccco1. The molecule has 4 heterocycles. The maximum absolute atomic E-state index is 13.0. The molecule has 0 aromatic carbocycles. The monoisotopic (exact) mass is 362 g/mol. The topological polar surface area (TPSA) is 72.1 Å². The van der Waals surface area contributed by atoms with Crippen LogP contribution in [0, 0.1) is 5.92 Å². The van der Waals surface area contributed by atoms with Gasteiger partial charge in [-0.1, -0.05) is 0 Å². The second-order valence-electron chi connectivity index (χ2n) is 6.76. The number of nitrogens with zero attached hydrogens (tertiary/aromatic N) is 2. The zero-order valence-corrected chi connectivity index (χ0v) is 14.6. The van der Waals surface area contributed by atoms with Crippen molar-refractivity contribution in [3.63, 3.8) is 0 Å². The molecule has 0 N–H and O–H groups in total. The van der Waals surface area contributed by atoms with Gasteiger partial charge in [0.15, 0.2) is 5.76 Å². The fourth-order valence-electron chi connectivity index (χ4n) is 3.96. The van der Waals surface area contributed by atoms with Gasteiger partial charge in [0, 0.05) is 5.92 Å². The molecule has 6 heteroatoms. The molecule has 0 saturated heterocycles. The second kappa shape index (κ2) is 6.46. The summed E-state index contributed by atoms with van der Waals surface area (Å²) in [5.41, 5.74) is 2.03. The summed E-state index contributed by atoms with van der Waals surface area (Å²) in [5, 5.41) is 6.25. The van der Waals surface area contributed by atoms with Crippen LogP contribution in [-0.4, -0.2) is 16.6 Å². The van der Waals surface area contributed by atoms with Crippen molar-refractivity contribution < 1.29 is 18.0 Å². The molecular weight excluding hydrogens is 344 g/mol. The first-order valence-corrected chi connectivity index (χ1v) is 9.04. The minimum absolute atomic E-state index is 0.0880. The molecule has 136 valence electrons. The Morgan fingerprint density at radius 2 is 1.89 bits per heavy atom. The van der Waals surface area contributed by atoms with E-state index in [1.165, 1.54) is 11.3 Å². The molecule has 6 nitrogen and oxygen atoms in total. The van der Waals surface area contributed by atoms with E-state index in [4.69, 9.17) is 18.4 Å². The van der Waals surface area contributed by atoms with Crippen LogP contribution in [0.25, 0.3) is 6.08 Å². The number of fused-ring (bicyclic) bond motifs is 1. The Morgan fingerprint density at radius 1 is 1.07 bits per heavy atom. The van der Waals surface area contributed by atoms with Gasteiger partial charge in [0.05, 0.1) is 24.5 Å². The molecule has 0 bridgehead atoms. The minimum Gasteiger partial charge on any atom is -0.467 e. The van der Waals surface area contributed by atoms with E-state index < -0.39 is 0 Å². The number of allylic oxidation sites excluding steroid dienone is 1. The van der Waals surface area contributed by atoms with Gasteiger partial charge in [-0.15, -0.1) is 0 Å². The Morgan fingerprint density at radius 3 is 2.63 bits per heavy atom. The Balaban J connectivity index is 1.57. The highest BCUT2D eigenvalue weighted by atomic mass is 16.3. The fourth-order valence-corrected chi connectivity index (χ4v) is 3.96. The summed E-state index contributed by atoms with van der Waals surface area (Å²) in [6.07, 6.45) is 9.67. The van der Waals surface area contributed by atoms with Crippen LogP contribution in [0.5, 0.6) is 0 Å². The van der Waals surface area contributed by atoms with Crippen molar-refractivity contribution in [2.24, 2.45) is 11.0 Å². The van der Waals surface area contributed by atoms with E-state index >= 15 is 0 Å². The fraction of sp³-hybridized carbons (Fsp3) is 0.238. The van der Waals surface area contributed by atoms with Gasteiger partial charge >= 0.3 is 5.91 Å². The lowest BCUT2D eigenvalue weighted by molar-refractivity contribution is 0.0624. The lowest BCUT2D eigenvalue weighted by Gasteiger charge is -2.27. The Hall–Kier alpha value is -3.28. The summed E-state index contributed by atoms with van der Waals surface area (Å²) in [4.78, 5) is 13.0. The molecule has 2 aliphatic rings. The molecule has 1 amide bonds. The van der Waals surface area contributed by atoms with Crippen molar-refractivity contribution in [3.8, 4) is 0 Å². The van der Waals surface area contributed by atoms with E-state index in [0.29, 0.717) is 0 Å². The van der Waals surface area contributed by atoms with E-state index in [0.717, 1.165) is 42.1 Å². The number of rotatable bonds is 3. The zero-order valence-electron chi connectivity index (χ0n) is 14.6. The van der Waals surface area contributed by atoms with E-state index in [9.17, 15) is 4.79 Å². The third-order valence-electron chi connectivity index (χ3n) is 5.14. The van der Waals surface area contributed by atoms with E-state index in [-0.39, 0.29) is 23.6 Å². The quantitative estimate of drug-likeness (QED) is 0.664. The predicted molar refractivity (Wildman–Crippen MR) is 97.8 cm³/mol. The van der Waals surface area contributed by atoms with Crippen LogP contribution in [0.1, 0.15) is 47.4 Å². The molecular formula is C21H18N2O4. The average molecular weight is 362 g/mol. The smallest absolute Gasteiger partial charge is 0.310 e. The Kier molecular flexibility index (Phi) is 3.81. The number of furan rings is 3. The van der Waals surface area contributed by atoms with Gasteiger partial charge in [-0.05, 0) is 67.3 Å². The third kappa shape index (κ3) is 2.73. The molecule has 1 aliphatic heterocycles. The lowest BCUT2D eigenvalue weighted by Crippen LogP contribution is -2.31. The first-order chi connectivity index (χ1) is 13.3. The first-order valence-electron chi connectivity index (χ1n) is 9.04. The van der Waals surface area contributed by atoms with Crippen LogP contribution in [0.2, 0.25) is 0 Å². The number of hydrogen-bond donors (Lipinski definition) is 0. The van der Waals surface area contributed by atoms with Crippen LogP contribution < -0.4 is 0 Å². The number of carbonyl (C=O) groups excluding carboxylic acids is 1. The summed E-state index contributed by atoms with van der Waals surface area (Å²) in [6.45, 7) is 0. The molecule has 1 saturated carbocycles. The first kappa shape index (κ1) is 15.9. The molecule has 5 rings (SSSR count). The number of hydrogen-bond acceptors (Lipinski definition) is 5. The molecule has 0 radical (unpaired) electrons. The van der Waals surface area contributed by atoms with Crippen molar-refractivity contribution in [2.75, 3.05) is 0 Å². The highest BCUT2D eigenvalue weighted by molar-refractivity contribution is 6.08. The lowest BCUT2D eigenvalue weighted by atomic mass is 9.79. The molecule has 3 aromatic rings. The Labute approximate surface area is 155 Å². The van der Waals surface area contributed by atoms with Gasteiger partial charge in [0.2, 0.25) is 0 Å². The van der Waals surface area contributed by atoms with Crippen molar-refractivity contribution >= 4 is 17.7 Å². The average Bonchev–Trinajstić information content (AvgIpc) is 3.48. The predicted octanol–water partition coefficient (Wildman–Crippen LogP) is 4.90. The van der Waals surface area contributed by atoms with Gasteiger partial charge in [0.25, 0.3) is 0 Å². The van der Waals surface area contributed by atoms with E-state index in [1.807, 2.05) is 30.3 Å². The maximum Gasteiger partial charge on any atom is 0.310 e. The molecule has 2 atom stereocenters. The summed E-state index contributed by atoms with van der Waals surface area (Å²) in [7, 11) is 0. The van der Waals surface area contributed by atoms with Crippen LogP contribution in [0.15, 0.2) is 79.1 Å². The molecule has 3 aromatic heterocycles. The van der Waals surface area contributed by atoms with Crippen LogP contribution >= 0.6 is 0 Å². The van der Waals surface area contributed by atoms with Crippen molar-refractivity contribution in [3.05, 3.63) is 78.0 Å². The number of hydrazone groups is 1. The van der Waals surface area contributed by atoms with Crippen molar-refractivity contribution in [1.29, 1.82) is 0 Å². The second-order valence-corrected chi connectivity index (χ2v) is 6.76. The summed E-state index contributed by atoms with van der Waals surface area (Å²) in [6, 6.07) is 10.6. The standard InChI is InChI=1S/C21H18N2O4/c24-21(18-9-4-12-27-18)23-20(17-8-3-11-26-17)16-7-1-5-14(19(16)22-23)13-15-6-2-10-25-15/h2-4,6,8-13,16,20H,1,5,7H2/b14-13-/t16-,20-/m0/s1. The summed E-state index contributed by atoms with van der Waals surface area (Å²) >= 11 is 0. The molecule has 1 aliphatic carbocycles. The van der Waals surface area contributed by atoms with E-state index in [2.05, 4.69) is 0 Å². The van der Waals surface area contributed by atoms with Gasteiger partial charge in [-0.3, -0.25) is 4.79 Å². The Bertz CT molecular complexity index is 981. The number of amides is 1. The van der Waals surface area contributed by atoms with Crippen LogP contribution in [0.4, 0.5) is 0 Å². The molecule has 0 spiro atoms. The normalized spacial score (nSPS) is 23.5. The molecule has 27 heavy (non-hydrogen) atoms.